The largest absolute Gasteiger partial charge is 0.423 e. The van der Waals surface area contributed by atoms with E-state index in [9.17, 15) is 9.59 Å². The lowest BCUT2D eigenvalue weighted by atomic mass is 10.0. The Morgan fingerprint density at radius 2 is 1.36 bits per heavy atom. The molecule has 0 heterocycles. The summed E-state index contributed by atoms with van der Waals surface area (Å²) in [5.74, 6) is -0.175. The number of hydrazone groups is 1. The molecule has 0 fully saturated rings. The van der Waals surface area contributed by atoms with Crippen LogP contribution in [0.1, 0.15) is 113 Å². The SMILES string of the molecule is CCCCCCCCCCCCCCCC(=O)N/N=C/c1ccc(OC(=O)c2ccccc2Cl)cc1. The molecule has 0 aromatic heterocycles. The van der Waals surface area contributed by atoms with E-state index < -0.39 is 5.97 Å². The highest BCUT2D eigenvalue weighted by atomic mass is 35.5. The van der Waals surface area contributed by atoms with E-state index in [2.05, 4.69) is 17.5 Å². The minimum absolute atomic E-state index is 0.0698. The van der Waals surface area contributed by atoms with E-state index in [1.165, 1.54) is 70.6 Å². The third kappa shape index (κ3) is 12.9. The summed E-state index contributed by atoms with van der Waals surface area (Å²) in [5.41, 5.74) is 3.68. The molecule has 1 N–H and O–H groups in total. The highest BCUT2D eigenvalue weighted by Gasteiger charge is 2.12. The zero-order valence-corrected chi connectivity index (χ0v) is 22.4. The maximum atomic E-state index is 12.2. The van der Waals surface area contributed by atoms with Gasteiger partial charge in [-0.1, -0.05) is 108 Å². The Morgan fingerprint density at radius 1 is 0.806 bits per heavy atom. The average Bonchev–Trinajstić information content (AvgIpc) is 2.88. The molecule has 36 heavy (non-hydrogen) atoms. The molecule has 0 bridgehead atoms. The Hall–Kier alpha value is -2.66. The van der Waals surface area contributed by atoms with Gasteiger partial charge in [-0.3, -0.25) is 4.79 Å². The van der Waals surface area contributed by atoms with Crippen LogP contribution in [0.4, 0.5) is 0 Å². The van der Waals surface area contributed by atoms with Gasteiger partial charge < -0.3 is 4.74 Å². The molecule has 0 aliphatic carbocycles. The van der Waals surface area contributed by atoms with Crippen LogP contribution in [-0.2, 0) is 4.79 Å². The molecule has 0 atom stereocenters. The van der Waals surface area contributed by atoms with Crippen LogP contribution in [0, 0.1) is 0 Å². The fourth-order valence-electron chi connectivity index (χ4n) is 3.95. The van der Waals surface area contributed by atoms with E-state index >= 15 is 0 Å². The first-order valence-corrected chi connectivity index (χ1v) is 13.9. The Kier molecular flexibility index (Phi) is 15.3. The number of benzene rings is 2. The van der Waals surface area contributed by atoms with Gasteiger partial charge in [-0.05, 0) is 48.4 Å². The van der Waals surface area contributed by atoms with Crippen molar-refractivity contribution in [3.63, 3.8) is 0 Å². The summed E-state index contributed by atoms with van der Waals surface area (Å²) in [6, 6.07) is 13.6. The van der Waals surface area contributed by atoms with Gasteiger partial charge in [-0.15, -0.1) is 0 Å². The van der Waals surface area contributed by atoms with Crippen molar-refractivity contribution in [1.29, 1.82) is 0 Å². The molecule has 0 aliphatic heterocycles. The van der Waals surface area contributed by atoms with Crippen molar-refractivity contribution < 1.29 is 14.3 Å². The number of nitrogens with zero attached hydrogens (tertiary/aromatic N) is 1. The number of esters is 1. The third-order valence-electron chi connectivity index (χ3n) is 6.09. The number of nitrogens with one attached hydrogen (secondary N) is 1. The minimum Gasteiger partial charge on any atom is -0.423 e. The van der Waals surface area contributed by atoms with E-state index in [0.717, 1.165) is 18.4 Å². The lowest BCUT2D eigenvalue weighted by Crippen LogP contribution is -2.16. The average molecular weight is 513 g/mol. The zero-order valence-electron chi connectivity index (χ0n) is 21.6. The number of hydrogen-bond acceptors (Lipinski definition) is 4. The number of carbonyl (C=O) groups excluding carboxylic acids is 2. The summed E-state index contributed by atoms with van der Waals surface area (Å²) in [4.78, 5) is 24.2. The van der Waals surface area contributed by atoms with Gasteiger partial charge in [-0.25, -0.2) is 10.2 Å². The van der Waals surface area contributed by atoms with Crippen LogP contribution in [0.25, 0.3) is 0 Å². The van der Waals surface area contributed by atoms with Gasteiger partial charge in [-0.2, -0.15) is 5.10 Å². The Balaban J connectivity index is 1.51. The summed E-state index contributed by atoms with van der Waals surface area (Å²) in [6.07, 6.45) is 18.8. The van der Waals surface area contributed by atoms with Crippen molar-refractivity contribution in [1.82, 2.24) is 5.43 Å². The van der Waals surface area contributed by atoms with Gasteiger partial charge >= 0.3 is 5.97 Å². The molecular weight excluding hydrogens is 472 g/mol. The Morgan fingerprint density at radius 3 is 1.94 bits per heavy atom. The lowest BCUT2D eigenvalue weighted by molar-refractivity contribution is -0.121. The lowest BCUT2D eigenvalue weighted by Gasteiger charge is -2.06. The monoisotopic (exact) mass is 512 g/mol. The number of ether oxygens (including phenoxy) is 1. The normalized spacial score (nSPS) is 11.1. The van der Waals surface area contributed by atoms with Gasteiger partial charge in [0.1, 0.15) is 5.75 Å². The van der Waals surface area contributed by atoms with Crippen molar-refractivity contribution in [3.8, 4) is 5.75 Å². The van der Waals surface area contributed by atoms with Crippen molar-refractivity contribution >= 4 is 29.7 Å². The van der Waals surface area contributed by atoms with Crippen LogP contribution >= 0.6 is 11.6 Å². The van der Waals surface area contributed by atoms with Crippen LogP contribution in [0.3, 0.4) is 0 Å². The summed E-state index contributed by atoms with van der Waals surface area (Å²) >= 11 is 6.03. The van der Waals surface area contributed by atoms with E-state index in [4.69, 9.17) is 16.3 Å². The summed E-state index contributed by atoms with van der Waals surface area (Å²) in [5, 5.41) is 4.37. The molecular formula is C30H41ClN2O3. The van der Waals surface area contributed by atoms with Crippen LogP contribution in [0.2, 0.25) is 5.02 Å². The Labute approximate surface area is 221 Å². The number of rotatable bonds is 18. The number of halogens is 1. The molecule has 0 spiro atoms. The topological polar surface area (TPSA) is 67.8 Å². The number of carbonyl (C=O) groups is 2. The van der Waals surface area contributed by atoms with Crippen LogP contribution in [-0.4, -0.2) is 18.1 Å². The van der Waals surface area contributed by atoms with Crippen molar-refractivity contribution in [2.45, 2.75) is 96.8 Å². The predicted octanol–water partition coefficient (Wildman–Crippen LogP) is 8.49. The van der Waals surface area contributed by atoms with Gasteiger partial charge in [0.25, 0.3) is 0 Å². The molecule has 2 aromatic rings. The summed E-state index contributed by atoms with van der Waals surface area (Å²) in [7, 11) is 0. The van der Waals surface area contributed by atoms with Crippen molar-refractivity contribution in [3.05, 3.63) is 64.7 Å². The zero-order chi connectivity index (χ0) is 25.8. The van der Waals surface area contributed by atoms with Crippen molar-refractivity contribution in [2.75, 3.05) is 0 Å². The van der Waals surface area contributed by atoms with E-state index in [0.29, 0.717) is 22.8 Å². The molecule has 6 heteroatoms. The van der Waals surface area contributed by atoms with Crippen molar-refractivity contribution in [2.24, 2.45) is 5.10 Å². The third-order valence-corrected chi connectivity index (χ3v) is 6.42. The molecule has 1 amide bonds. The van der Waals surface area contributed by atoms with E-state index in [-0.39, 0.29) is 5.91 Å². The van der Waals surface area contributed by atoms with Crippen LogP contribution in [0.5, 0.6) is 5.75 Å². The second-order valence-electron chi connectivity index (χ2n) is 9.22. The molecule has 0 aliphatic rings. The number of hydrogen-bond donors (Lipinski definition) is 1. The standard InChI is InChI=1S/C30H41ClN2O3/c1-2-3-4-5-6-7-8-9-10-11-12-13-14-19-29(34)33-32-24-25-20-22-26(23-21-25)36-30(35)27-17-15-16-18-28(27)31/h15-18,20-24H,2-14,19H2,1H3,(H,33,34)/b32-24+. The first-order chi connectivity index (χ1) is 17.6. The second-order valence-corrected chi connectivity index (χ2v) is 9.63. The second kappa shape index (κ2) is 18.6. The molecule has 0 saturated heterocycles. The van der Waals surface area contributed by atoms with Crippen LogP contribution < -0.4 is 10.2 Å². The molecule has 2 aromatic carbocycles. The highest BCUT2D eigenvalue weighted by molar-refractivity contribution is 6.33. The van der Waals surface area contributed by atoms with Gasteiger partial charge in [0.15, 0.2) is 0 Å². The first-order valence-electron chi connectivity index (χ1n) is 13.5. The smallest absolute Gasteiger partial charge is 0.345 e. The van der Waals surface area contributed by atoms with Crippen LogP contribution in [0.15, 0.2) is 53.6 Å². The molecule has 196 valence electrons. The quantitative estimate of drug-likeness (QED) is 0.0715. The van der Waals surface area contributed by atoms with E-state index in [1.54, 1.807) is 54.7 Å². The first kappa shape index (κ1) is 29.6. The van der Waals surface area contributed by atoms with Gasteiger partial charge in [0, 0.05) is 6.42 Å². The Bertz CT molecular complexity index is 928. The predicted molar refractivity (Wildman–Crippen MR) is 149 cm³/mol. The number of amides is 1. The fourth-order valence-corrected chi connectivity index (χ4v) is 4.16. The highest BCUT2D eigenvalue weighted by Crippen LogP contribution is 2.19. The summed E-state index contributed by atoms with van der Waals surface area (Å²) in [6.45, 7) is 2.26. The minimum atomic E-state index is -0.512. The van der Waals surface area contributed by atoms with Gasteiger partial charge in [0.05, 0.1) is 16.8 Å². The van der Waals surface area contributed by atoms with Gasteiger partial charge in [0.2, 0.25) is 5.91 Å². The maximum absolute atomic E-state index is 12.2. The number of unbranched alkanes of at least 4 members (excludes halogenated alkanes) is 12. The molecule has 0 radical (unpaired) electrons. The van der Waals surface area contributed by atoms with E-state index in [1.807, 2.05) is 0 Å². The summed E-state index contributed by atoms with van der Waals surface area (Å²) < 4.78 is 5.35. The molecule has 2 rings (SSSR count). The molecule has 0 saturated carbocycles. The molecule has 0 unspecified atom stereocenters. The fraction of sp³-hybridized carbons (Fsp3) is 0.500. The molecule has 5 nitrogen and oxygen atoms in total. The maximum Gasteiger partial charge on any atom is 0.345 e.